The van der Waals surface area contributed by atoms with E-state index in [0.717, 1.165) is 5.56 Å². The van der Waals surface area contributed by atoms with Crippen molar-refractivity contribution in [1.29, 1.82) is 0 Å². The molecule has 0 aromatic heterocycles. The molecule has 1 N–H and O–H groups in total. The first kappa shape index (κ1) is 12.8. The van der Waals surface area contributed by atoms with E-state index >= 15 is 0 Å². The van der Waals surface area contributed by atoms with Gasteiger partial charge in [0, 0.05) is 11.1 Å². The summed E-state index contributed by atoms with van der Waals surface area (Å²) in [6.07, 6.45) is 0. The number of nitrogens with zero attached hydrogens (tertiary/aromatic N) is 1. The van der Waals surface area contributed by atoms with Crippen LogP contribution in [0, 0.1) is 0 Å². The molecule has 0 fully saturated rings. The van der Waals surface area contributed by atoms with Crippen molar-refractivity contribution >= 4 is 11.7 Å². The maximum absolute atomic E-state index is 11.3. The van der Waals surface area contributed by atoms with Gasteiger partial charge < -0.3 is 9.94 Å². The summed E-state index contributed by atoms with van der Waals surface area (Å²) in [5, 5.41) is 13.2. The Bertz CT molecular complexity index is 606. The Kier molecular flexibility index (Phi) is 3.93. The van der Waals surface area contributed by atoms with E-state index in [2.05, 4.69) is 5.16 Å². The van der Waals surface area contributed by atoms with E-state index in [4.69, 9.17) is 4.84 Å². The van der Waals surface area contributed by atoms with E-state index in [0.29, 0.717) is 11.3 Å². The second kappa shape index (κ2) is 5.82. The first-order valence-corrected chi connectivity index (χ1v) is 5.73. The minimum atomic E-state index is -0.990. The maximum Gasteiger partial charge on any atom is 0.336 e. The Balaban J connectivity index is 2.59. The van der Waals surface area contributed by atoms with Crippen molar-refractivity contribution in [2.24, 2.45) is 5.16 Å². The van der Waals surface area contributed by atoms with Crippen molar-refractivity contribution in [3.63, 3.8) is 0 Å². The fraction of sp³-hybridized carbons (Fsp3) is 0.0667. The molecule has 0 aliphatic rings. The highest BCUT2D eigenvalue weighted by molar-refractivity contribution is 6.17. The molecule has 0 bridgehead atoms. The fourth-order valence-electron chi connectivity index (χ4n) is 1.82. The number of carbonyl (C=O) groups is 1. The van der Waals surface area contributed by atoms with Gasteiger partial charge in [-0.1, -0.05) is 53.7 Å². The van der Waals surface area contributed by atoms with Crippen LogP contribution in [0.5, 0.6) is 0 Å². The van der Waals surface area contributed by atoms with Crippen molar-refractivity contribution in [2.45, 2.75) is 0 Å². The highest BCUT2D eigenvalue weighted by Crippen LogP contribution is 2.16. The molecule has 0 spiro atoms. The lowest BCUT2D eigenvalue weighted by atomic mass is 9.98. The first-order valence-electron chi connectivity index (χ1n) is 5.73. The van der Waals surface area contributed by atoms with Crippen molar-refractivity contribution in [3.8, 4) is 0 Å². The van der Waals surface area contributed by atoms with Crippen molar-refractivity contribution in [1.82, 2.24) is 0 Å². The lowest BCUT2D eigenvalue weighted by molar-refractivity contribution is 0.0696. The number of hydrogen-bond acceptors (Lipinski definition) is 3. The van der Waals surface area contributed by atoms with Gasteiger partial charge in [0.25, 0.3) is 0 Å². The lowest BCUT2D eigenvalue weighted by Gasteiger charge is -2.09. The number of oxime groups is 1. The molecule has 0 aliphatic heterocycles. The quantitative estimate of drug-likeness (QED) is 0.675. The van der Waals surface area contributed by atoms with Crippen molar-refractivity contribution < 1.29 is 14.7 Å². The zero-order valence-electron chi connectivity index (χ0n) is 10.4. The normalized spacial score (nSPS) is 11.1. The molecule has 4 heteroatoms. The standard InChI is InChI=1S/C15H13NO3/c1-19-16-14(11-7-3-2-4-8-11)12-9-5-6-10-13(12)15(17)18/h2-10H,1H3,(H,17,18)/b16-14+. The van der Waals surface area contributed by atoms with Gasteiger partial charge in [-0.05, 0) is 6.07 Å². The molecular formula is C15H13NO3. The predicted molar refractivity (Wildman–Crippen MR) is 72.5 cm³/mol. The molecule has 4 nitrogen and oxygen atoms in total. The second-order valence-electron chi connectivity index (χ2n) is 3.84. The van der Waals surface area contributed by atoms with E-state index in [1.807, 2.05) is 30.3 Å². The molecule has 0 amide bonds. The van der Waals surface area contributed by atoms with Crippen LogP contribution in [0.2, 0.25) is 0 Å². The third kappa shape index (κ3) is 2.80. The van der Waals surface area contributed by atoms with Gasteiger partial charge in [-0.15, -0.1) is 0 Å². The summed E-state index contributed by atoms with van der Waals surface area (Å²) in [5.74, 6) is -0.990. The second-order valence-corrected chi connectivity index (χ2v) is 3.84. The van der Waals surface area contributed by atoms with Crippen molar-refractivity contribution in [3.05, 3.63) is 71.3 Å². The summed E-state index contributed by atoms with van der Waals surface area (Å²) in [5.41, 5.74) is 2.03. The zero-order chi connectivity index (χ0) is 13.7. The van der Waals surface area contributed by atoms with Crippen LogP contribution in [0.4, 0.5) is 0 Å². The highest BCUT2D eigenvalue weighted by Gasteiger charge is 2.16. The average molecular weight is 255 g/mol. The first-order chi connectivity index (χ1) is 9.24. The van der Waals surface area contributed by atoms with E-state index in [1.165, 1.54) is 7.11 Å². The summed E-state index contributed by atoms with van der Waals surface area (Å²) < 4.78 is 0. The Hall–Kier alpha value is -2.62. The van der Waals surface area contributed by atoms with Crippen LogP contribution in [-0.4, -0.2) is 23.9 Å². The van der Waals surface area contributed by atoms with E-state index < -0.39 is 5.97 Å². The summed E-state index contributed by atoms with van der Waals surface area (Å²) in [7, 11) is 1.44. The van der Waals surface area contributed by atoms with E-state index in [-0.39, 0.29) is 5.56 Å². The summed E-state index contributed by atoms with van der Waals surface area (Å²) in [4.78, 5) is 16.1. The minimum absolute atomic E-state index is 0.196. The number of aromatic carboxylic acids is 1. The molecule has 2 rings (SSSR count). The molecule has 0 aliphatic carbocycles. The monoisotopic (exact) mass is 255 g/mol. The number of carboxylic acids is 1. The maximum atomic E-state index is 11.3. The minimum Gasteiger partial charge on any atom is -0.478 e. The van der Waals surface area contributed by atoms with Gasteiger partial charge in [0.15, 0.2) is 0 Å². The molecule has 0 heterocycles. The molecule has 0 radical (unpaired) electrons. The molecule has 0 atom stereocenters. The third-order valence-corrected chi connectivity index (χ3v) is 2.64. The van der Waals surface area contributed by atoms with Crippen LogP contribution in [-0.2, 0) is 4.84 Å². The predicted octanol–water partition coefficient (Wildman–Crippen LogP) is 2.78. The van der Waals surface area contributed by atoms with Crippen LogP contribution in [0.25, 0.3) is 0 Å². The topological polar surface area (TPSA) is 58.9 Å². The number of hydrogen-bond donors (Lipinski definition) is 1. The Morgan fingerprint density at radius 3 is 2.16 bits per heavy atom. The van der Waals surface area contributed by atoms with Crippen LogP contribution in [0.1, 0.15) is 21.5 Å². The molecular weight excluding hydrogens is 242 g/mol. The largest absolute Gasteiger partial charge is 0.478 e. The molecule has 2 aromatic carbocycles. The average Bonchev–Trinajstić information content (AvgIpc) is 2.45. The van der Waals surface area contributed by atoms with Gasteiger partial charge in [-0.2, -0.15) is 0 Å². The van der Waals surface area contributed by atoms with E-state index in [1.54, 1.807) is 24.3 Å². The molecule has 2 aromatic rings. The fourth-order valence-corrected chi connectivity index (χ4v) is 1.82. The zero-order valence-corrected chi connectivity index (χ0v) is 10.4. The Labute approximate surface area is 111 Å². The van der Waals surface area contributed by atoms with Gasteiger partial charge in [0.2, 0.25) is 0 Å². The Morgan fingerprint density at radius 1 is 1.00 bits per heavy atom. The van der Waals surface area contributed by atoms with Gasteiger partial charge in [-0.3, -0.25) is 0 Å². The third-order valence-electron chi connectivity index (χ3n) is 2.64. The van der Waals surface area contributed by atoms with Crippen LogP contribution >= 0.6 is 0 Å². The van der Waals surface area contributed by atoms with Gasteiger partial charge in [-0.25, -0.2) is 4.79 Å². The van der Waals surface area contributed by atoms with Gasteiger partial charge in [0.1, 0.15) is 12.8 Å². The van der Waals surface area contributed by atoms with Crippen molar-refractivity contribution in [2.75, 3.05) is 7.11 Å². The molecule has 0 saturated heterocycles. The smallest absolute Gasteiger partial charge is 0.336 e. The number of benzene rings is 2. The molecule has 19 heavy (non-hydrogen) atoms. The van der Waals surface area contributed by atoms with Crippen LogP contribution in [0.3, 0.4) is 0 Å². The van der Waals surface area contributed by atoms with E-state index in [9.17, 15) is 9.90 Å². The van der Waals surface area contributed by atoms with Gasteiger partial charge >= 0.3 is 5.97 Å². The molecule has 96 valence electrons. The summed E-state index contributed by atoms with van der Waals surface area (Å²) >= 11 is 0. The number of rotatable bonds is 4. The van der Waals surface area contributed by atoms with Crippen LogP contribution < -0.4 is 0 Å². The molecule has 0 unspecified atom stereocenters. The molecule has 0 saturated carbocycles. The Morgan fingerprint density at radius 2 is 1.58 bits per heavy atom. The van der Waals surface area contributed by atoms with Crippen LogP contribution in [0.15, 0.2) is 59.8 Å². The summed E-state index contributed by atoms with van der Waals surface area (Å²) in [6.45, 7) is 0. The van der Waals surface area contributed by atoms with Gasteiger partial charge in [0.05, 0.1) is 5.56 Å². The lowest BCUT2D eigenvalue weighted by Crippen LogP contribution is -2.11. The summed E-state index contributed by atoms with van der Waals surface area (Å²) in [6, 6.07) is 16.1. The number of carboxylic acid groups (broad SMARTS) is 1. The SMILES string of the molecule is CO/N=C(\c1ccccc1)c1ccccc1C(=O)O. The highest BCUT2D eigenvalue weighted by atomic mass is 16.6.